The van der Waals surface area contributed by atoms with E-state index in [1.165, 1.54) is 12.1 Å². The average molecular weight is 318 g/mol. The van der Waals surface area contributed by atoms with Crippen LogP contribution in [0.1, 0.15) is 10.4 Å². The number of nitrogen functional groups attached to an aromatic ring is 1. The standard InChI is InChI=1S/C7H5Cl2NO2.Cd/c8-3-1-4(7(11)12)6(10)5(9)2-3;/h1-2H,10H2,(H,11,12);/q;+2. The Balaban J connectivity index is 0.00000144. The zero-order chi connectivity index (χ0) is 9.30. The van der Waals surface area contributed by atoms with Gasteiger partial charge in [-0.05, 0) is 12.1 Å². The summed E-state index contributed by atoms with van der Waals surface area (Å²) in [5, 5.41) is 9.03. The first-order valence-electron chi connectivity index (χ1n) is 3.00. The van der Waals surface area contributed by atoms with Crippen LogP contribution in [0.4, 0.5) is 5.69 Å². The Bertz CT molecular complexity index is 344. The maximum absolute atomic E-state index is 10.5. The van der Waals surface area contributed by atoms with Crippen molar-refractivity contribution in [2.45, 2.75) is 0 Å². The van der Waals surface area contributed by atoms with Gasteiger partial charge in [0.2, 0.25) is 0 Å². The van der Waals surface area contributed by atoms with E-state index >= 15 is 0 Å². The van der Waals surface area contributed by atoms with Gasteiger partial charge in [-0.2, -0.15) is 0 Å². The minimum atomic E-state index is -1.14. The SMILES string of the molecule is Nc1c(Cl)cc(Cl)cc1C(=O)O.[Cd+2]. The van der Waals surface area contributed by atoms with Gasteiger partial charge in [-0.3, -0.25) is 0 Å². The monoisotopic (exact) mass is 319 g/mol. The minimum Gasteiger partial charge on any atom is -0.478 e. The molecule has 0 fully saturated rings. The molecule has 0 saturated carbocycles. The van der Waals surface area contributed by atoms with Gasteiger partial charge < -0.3 is 10.8 Å². The van der Waals surface area contributed by atoms with E-state index in [4.69, 9.17) is 34.0 Å². The van der Waals surface area contributed by atoms with Crippen molar-refractivity contribution in [2.75, 3.05) is 5.73 Å². The van der Waals surface area contributed by atoms with E-state index in [-0.39, 0.29) is 48.6 Å². The minimum absolute atomic E-state index is 0. The van der Waals surface area contributed by atoms with Crippen molar-refractivity contribution >= 4 is 34.9 Å². The topological polar surface area (TPSA) is 63.3 Å². The molecule has 1 aromatic rings. The van der Waals surface area contributed by atoms with Gasteiger partial charge in [0.05, 0.1) is 16.3 Å². The van der Waals surface area contributed by atoms with E-state index in [2.05, 4.69) is 0 Å². The van der Waals surface area contributed by atoms with Crippen molar-refractivity contribution < 1.29 is 37.2 Å². The number of aromatic carboxylic acids is 1. The summed E-state index contributed by atoms with van der Waals surface area (Å²) >= 11 is 11.2. The second-order valence-electron chi connectivity index (χ2n) is 2.15. The van der Waals surface area contributed by atoms with Crippen molar-refractivity contribution in [2.24, 2.45) is 0 Å². The van der Waals surface area contributed by atoms with E-state index in [1.54, 1.807) is 0 Å². The Kier molecular flexibility index (Phi) is 5.02. The number of rotatable bonds is 1. The third-order valence-corrected chi connectivity index (χ3v) is 1.86. The summed E-state index contributed by atoms with van der Waals surface area (Å²) < 4.78 is 0. The van der Waals surface area contributed by atoms with E-state index in [9.17, 15) is 4.79 Å². The molecule has 1 aromatic carbocycles. The number of carboxylic acids is 1. The summed E-state index contributed by atoms with van der Waals surface area (Å²) in [6.45, 7) is 0. The predicted octanol–water partition coefficient (Wildman–Crippen LogP) is 2.27. The molecular formula is C7H5CdCl2NO2+2. The molecule has 13 heavy (non-hydrogen) atoms. The van der Waals surface area contributed by atoms with Gasteiger partial charge in [-0.1, -0.05) is 23.2 Å². The van der Waals surface area contributed by atoms with E-state index < -0.39 is 5.97 Å². The maximum Gasteiger partial charge on any atom is 2.00 e. The molecule has 0 bridgehead atoms. The molecule has 0 amide bonds. The van der Waals surface area contributed by atoms with Crippen LogP contribution in [0, 0.1) is 0 Å². The van der Waals surface area contributed by atoms with Crippen LogP contribution in [-0.4, -0.2) is 11.1 Å². The van der Waals surface area contributed by atoms with Crippen LogP contribution >= 0.6 is 23.2 Å². The van der Waals surface area contributed by atoms with Gasteiger partial charge in [-0.15, -0.1) is 0 Å². The summed E-state index contributed by atoms with van der Waals surface area (Å²) in [7, 11) is 0. The quantitative estimate of drug-likeness (QED) is 0.617. The van der Waals surface area contributed by atoms with Crippen molar-refractivity contribution in [1.82, 2.24) is 0 Å². The summed E-state index contributed by atoms with van der Waals surface area (Å²) in [4.78, 5) is 10.5. The smallest absolute Gasteiger partial charge is 0.478 e. The Morgan fingerprint density at radius 2 is 1.92 bits per heavy atom. The molecule has 3 N–H and O–H groups in total. The number of nitrogens with two attached hydrogens (primary N) is 1. The summed E-state index contributed by atoms with van der Waals surface area (Å²) in [5.74, 6) is -1.14. The van der Waals surface area contributed by atoms with E-state index in [0.717, 1.165) is 0 Å². The normalized spacial score (nSPS) is 9.08. The van der Waals surface area contributed by atoms with Crippen LogP contribution in [-0.2, 0) is 27.3 Å². The van der Waals surface area contributed by atoms with Crippen molar-refractivity contribution in [1.29, 1.82) is 0 Å². The molecule has 1 rings (SSSR count). The van der Waals surface area contributed by atoms with Crippen LogP contribution < -0.4 is 5.73 Å². The van der Waals surface area contributed by atoms with Gasteiger partial charge in [0.15, 0.2) is 0 Å². The van der Waals surface area contributed by atoms with E-state index in [1.807, 2.05) is 0 Å². The molecular weight excluding hydrogens is 313 g/mol. The number of hydrogen-bond donors (Lipinski definition) is 2. The molecule has 0 aliphatic rings. The fourth-order valence-corrected chi connectivity index (χ4v) is 1.26. The van der Waals surface area contributed by atoms with Crippen molar-refractivity contribution in [3.8, 4) is 0 Å². The van der Waals surface area contributed by atoms with Crippen LogP contribution in [0.2, 0.25) is 10.0 Å². The van der Waals surface area contributed by atoms with Crippen molar-refractivity contribution in [3.05, 3.63) is 27.7 Å². The van der Waals surface area contributed by atoms with Crippen LogP contribution in [0.25, 0.3) is 0 Å². The number of hydrogen-bond acceptors (Lipinski definition) is 2. The molecule has 0 aromatic heterocycles. The Hall–Kier alpha value is -0.00792. The summed E-state index contributed by atoms with van der Waals surface area (Å²) in [6.07, 6.45) is 0. The first-order chi connectivity index (χ1) is 5.52. The largest absolute Gasteiger partial charge is 2.00 e. The molecule has 0 aliphatic heterocycles. The molecule has 0 heterocycles. The molecule has 0 radical (unpaired) electrons. The number of halogens is 2. The number of carboxylic acid groups (broad SMARTS) is 1. The first kappa shape index (κ1) is 13.0. The third-order valence-electron chi connectivity index (χ3n) is 1.32. The molecule has 0 atom stereocenters. The van der Waals surface area contributed by atoms with Gasteiger partial charge in [-0.25, -0.2) is 4.79 Å². The summed E-state index contributed by atoms with van der Waals surface area (Å²) in [6, 6.07) is 2.65. The fourth-order valence-electron chi connectivity index (χ4n) is 0.762. The summed E-state index contributed by atoms with van der Waals surface area (Å²) in [5.41, 5.74) is 5.34. The predicted molar refractivity (Wildman–Crippen MR) is 47.8 cm³/mol. The van der Waals surface area contributed by atoms with Gasteiger partial charge in [0.25, 0.3) is 0 Å². The van der Waals surface area contributed by atoms with E-state index in [0.29, 0.717) is 0 Å². The van der Waals surface area contributed by atoms with Crippen LogP contribution in [0.3, 0.4) is 0 Å². The zero-order valence-corrected chi connectivity index (χ0v) is 12.1. The molecule has 0 saturated heterocycles. The van der Waals surface area contributed by atoms with Gasteiger partial charge in [0, 0.05) is 5.02 Å². The molecule has 0 spiro atoms. The second kappa shape index (κ2) is 5.02. The number of carbonyl (C=O) groups is 1. The molecule has 64 valence electrons. The average Bonchev–Trinajstić information content (AvgIpc) is 1.96. The first-order valence-corrected chi connectivity index (χ1v) is 3.76. The number of anilines is 1. The molecule has 0 aliphatic carbocycles. The Labute approximate surface area is 105 Å². The van der Waals surface area contributed by atoms with Crippen LogP contribution in [0.5, 0.6) is 0 Å². The van der Waals surface area contributed by atoms with Gasteiger partial charge >= 0.3 is 33.3 Å². The molecule has 6 heteroatoms. The Morgan fingerprint density at radius 1 is 1.38 bits per heavy atom. The molecule has 0 unspecified atom stereocenters. The van der Waals surface area contributed by atoms with Gasteiger partial charge in [0.1, 0.15) is 0 Å². The second-order valence-corrected chi connectivity index (χ2v) is 3.00. The van der Waals surface area contributed by atoms with Crippen LogP contribution in [0.15, 0.2) is 12.1 Å². The number of benzene rings is 1. The Morgan fingerprint density at radius 3 is 2.38 bits per heavy atom. The van der Waals surface area contributed by atoms with Crippen molar-refractivity contribution in [3.63, 3.8) is 0 Å². The maximum atomic E-state index is 10.5. The molecule has 3 nitrogen and oxygen atoms in total. The third kappa shape index (κ3) is 3.00. The zero-order valence-electron chi connectivity index (χ0n) is 6.55. The fraction of sp³-hybridized carbons (Fsp3) is 0.